The molecule has 1 amide bonds. The number of H-pyrrole nitrogens is 1. The van der Waals surface area contributed by atoms with Crippen LogP contribution in [-0.2, 0) is 10.0 Å². The summed E-state index contributed by atoms with van der Waals surface area (Å²) in [5.41, 5.74) is 1.18. The van der Waals surface area contributed by atoms with E-state index in [1.807, 2.05) is 30.3 Å². The molecule has 1 fully saturated rings. The maximum absolute atomic E-state index is 13.2. The van der Waals surface area contributed by atoms with Gasteiger partial charge < -0.3 is 9.88 Å². The Morgan fingerprint density at radius 1 is 0.968 bits per heavy atom. The second-order valence-corrected chi connectivity index (χ2v) is 10.1. The number of aromatic amines is 1. The van der Waals surface area contributed by atoms with Crippen LogP contribution in [0.4, 0.5) is 0 Å². The number of carbonyl (C=O) groups is 1. The van der Waals surface area contributed by atoms with Gasteiger partial charge in [-0.2, -0.15) is 4.31 Å². The van der Waals surface area contributed by atoms with Gasteiger partial charge in [0, 0.05) is 38.1 Å². The first-order chi connectivity index (χ1) is 14.8. The molecule has 0 radical (unpaired) electrons. The third kappa shape index (κ3) is 4.28. The number of aromatic nitrogens is 2. The minimum absolute atomic E-state index is 0.0741. The van der Waals surface area contributed by atoms with E-state index >= 15 is 0 Å². The summed E-state index contributed by atoms with van der Waals surface area (Å²) in [5, 5.41) is 0.463. The largest absolute Gasteiger partial charge is 0.336 e. The normalized spacial score (nSPS) is 15.2. The molecule has 3 aromatic rings. The number of benzene rings is 2. The topological polar surface area (TPSA) is 78.4 Å². The van der Waals surface area contributed by atoms with Crippen molar-refractivity contribution in [2.24, 2.45) is 0 Å². The van der Waals surface area contributed by atoms with Crippen LogP contribution in [0.15, 0.2) is 59.6 Å². The van der Waals surface area contributed by atoms with Crippen LogP contribution >= 0.6 is 35.4 Å². The van der Waals surface area contributed by atoms with Gasteiger partial charge in [-0.25, -0.2) is 8.42 Å². The first-order valence-corrected chi connectivity index (χ1v) is 12.0. The van der Waals surface area contributed by atoms with E-state index in [2.05, 4.69) is 4.98 Å². The number of amides is 1. The number of para-hydroxylation sites is 1. The molecule has 11 heteroatoms. The van der Waals surface area contributed by atoms with Gasteiger partial charge in [-0.3, -0.25) is 9.36 Å². The standard InChI is InChI=1S/C20H18Cl2N4O3S2/c21-16-7-6-15(12-17(16)22)31(28,29)25-10-8-24(9-11-25)19(27)18-13-23-20(30)26(18)14-4-2-1-3-5-14/h1-7,12-13H,8-11H2,(H,23,30). The lowest BCUT2D eigenvalue weighted by atomic mass is 10.3. The Bertz CT molecular complexity index is 1280. The molecule has 0 unspecified atom stereocenters. The third-order valence-corrected chi connectivity index (χ3v) is 8.00. The molecule has 1 N–H and O–H groups in total. The van der Waals surface area contributed by atoms with E-state index in [4.69, 9.17) is 35.4 Å². The van der Waals surface area contributed by atoms with E-state index in [1.54, 1.807) is 15.7 Å². The Morgan fingerprint density at radius 3 is 2.29 bits per heavy atom. The average molecular weight is 497 g/mol. The average Bonchev–Trinajstić information content (AvgIpc) is 3.17. The summed E-state index contributed by atoms with van der Waals surface area (Å²) >= 11 is 17.2. The van der Waals surface area contributed by atoms with Crippen molar-refractivity contribution in [1.29, 1.82) is 0 Å². The van der Waals surface area contributed by atoms with Crippen LogP contribution in [0.25, 0.3) is 5.69 Å². The van der Waals surface area contributed by atoms with Gasteiger partial charge >= 0.3 is 0 Å². The van der Waals surface area contributed by atoms with E-state index in [9.17, 15) is 13.2 Å². The minimum atomic E-state index is -3.74. The Hall–Kier alpha value is -2.17. The van der Waals surface area contributed by atoms with E-state index in [0.717, 1.165) is 5.69 Å². The zero-order valence-electron chi connectivity index (χ0n) is 16.2. The zero-order valence-corrected chi connectivity index (χ0v) is 19.3. The molecule has 7 nitrogen and oxygen atoms in total. The summed E-state index contributed by atoms with van der Waals surface area (Å²) in [6, 6.07) is 13.6. The van der Waals surface area contributed by atoms with Crippen molar-refractivity contribution >= 4 is 51.4 Å². The summed E-state index contributed by atoms with van der Waals surface area (Å²) in [7, 11) is -3.74. The van der Waals surface area contributed by atoms with Crippen LogP contribution in [0.1, 0.15) is 10.5 Å². The molecule has 0 bridgehead atoms. The lowest BCUT2D eigenvalue weighted by molar-refractivity contribution is 0.0689. The number of hydrogen-bond donors (Lipinski definition) is 1. The Kier molecular flexibility index (Phi) is 6.23. The van der Waals surface area contributed by atoms with Gasteiger partial charge in [-0.05, 0) is 42.5 Å². The number of nitrogens with one attached hydrogen (secondary N) is 1. The fourth-order valence-corrected chi connectivity index (χ4v) is 5.51. The van der Waals surface area contributed by atoms with Gasteiger partial charge in [0.05, 0.1) is 14.9 Å². The molecule has 162 valence electrons. The molecule has 2 aromatic carbocycles. The van der Waals surface area contributed by atoms with Gasteiger partial charge in [0.1, 0.15) is 5.69 Å². The predicted molar refractivity (Wildman–Crippen MR) is 122 cm³/mol. The van der Waals surface area contributed by atoms with Crippen LogP contribution in [0.3, 0.4) is 0 Å². The molecule has 0 spiro atoms. The van der Waals surface area contributed by atoms with E-state index in [0.29, 0.717) is 10.5 Å². The molecular weight excluding hydrogens is 479 g/mol. The molecule has 1 aliphatic heterocycles. The number of imidazole rings is 1. The predicted octanol–water partition coefficient (Wildman–Crippen LogP) is 3.99. The zero-order chi connectivity index (χ0) is 22.2. The Balaban J connectivity index is 1.52. The molecule has 31 heavy (non-hydrogen) atoms. The Morgan fingerprint density at radius 2 is 1.65 bits per heavy atom. The first-order valence-electron chi connectivity index (χ1n) is 9.39. The highest BCUT2D eigenvalue weighted by Gasteiger charge is 2.31. The summed E-state index contributed by atoms with van der Waals surface area (Å²) in [6.45, 7) is 0.855. The summed E-state index contributed by atoms with van der Waals surface area (Å²) in [5.74, 6) is -0.220. The highest BCUT2D eigenvalue weighted by molar-refractivity contribution is 7.89. The molecule has 0 saturated carbocycles. The molecule has 1 aromatic heterocycles. The third-order valence-electron chi connectivity index (χ3n) is 5.06. The van der Waals surface area contributed by atoms with Crippen molar-refractivity contribution in [3.05, 3.63) is 75.2 Å². The van der Waals surface area contributed by atoms with Crippen LogP contribution in [-0.4, -0.2) is 59.3 Å². The van der Waals surface area contributed by atoms with Crippen molar-refractivity contribution in [2.45, 2.75) is 4.90 Å². The maximum atomic E-state index is 13.2. The smallest absolute Gasteiger partial charge is 0.272 e. The van der Waals surface area contributed by atoms with Crippen molar-refractivity contribution in [2.75, 3.05) is 26.2 Å². The Labute approximate surface area is 194 Å². The fourth-order valence-electron chi connectivity index (χ4n) is 3.44. The number of piperazine rings is 1. The number of rotatable bonds is 4. The van der Waals surface area contributed by atoms with Crippen molar-refractivity contribution in [3.8, 4) is 5.69 Å². The van der Waals surface area contributed by atoms with E-state index in [1.165, 1.54) is 22.5 Å². The SMILES string of the molecule is O=C(c1c[nH]c(=S)n1-c1ccccc1)N1CCN(S(=O)(=O)c2ccc(Cl)c(Cl)c2)CC1. The van der Waals surface area contributed by atoms with Gasteiger partial charge in [0.15, 0.2) is 4.77 Å². The van der Waals surface area contributed by atoms with Gasteiger partial charge in [-0.1, -0.05) is 41.4 Å². The van der Waals surface area contributed by atoms with Crippen LogP contribution in [0.2, 0.25) is 10.0 Å². The number of carbonyl (C=O) groups excluding carboxylic acids is 1. The summed E-state index contributed by atoms with van der Waals surface area (Å²) in [6.07, 6.45) is 1.58. The highest BCUT2D eigenvalue weighted by Crippen LogP contribution is 2.27. The lowest BCUT2D eigenvalue weighted by Crippen LogP contribution is -2.50. The molecule has 0 aliphatic carbocycles. The van der Waals surface area contributed by atoms with E-state index in [-0.39, 0.29) is 47.0 Å². The van der Waals surface area contributed by atoms with Crippen molar-refractivity contribution < 1.29 is 13.2 Å². The van der Waals surface area contributed by atoms with Crippen molar-refractivity contribution in [3.63, 3.8) is 0 Å². The number of hydrogen-bond acceptors (Lipinski definition) is 4. The van der Waals surface area contributed by atoms with E-state index < -0.39 is 10.0 Å². The molecule has 0 atom stereocenters. The lowest BCUT2D eigenvalue weighted by Gasteiger charge is -2.34. The molecule has 1 aliphatic rings. The first kappa shape index (κ1) is 22.0. The second kappa shape index (κ2) is 8.76. The minimum Gasteiger partial charge on any atom is -0.336 e. The van der Waals surface area contributed by atoms with Crippen LogP contribution < -0.4 is 0 Å². The maximum Gasteiger partial charge on any atom is 0.272 e. The monoisotopic (exact) mass is 496 g/mol. The highest BCUT2D eigenvalue weighted by atomic mass is 35.5. The van der Waals surface area contributed by atoms with Gasteiger partial charge in [0.2, 0.25) is 10.0 Å². The number of nitrogens with zero attached hydrogens (tertiary/aromatic N) is 3. The fraction of sp³-hybridized carbons (Fsp3) is 0.200. The summed E-state index contributed by atoms with van der Waals surface area (Å²) in [4.78, 5) is 17.8. The van der Waals surface area contributed by atoms with Gasteiger partial charge in [0.25, 0.3) is 5.91 Å². The molecule has 1 saturated heterocycles. The molecular formula is C20H18Cl2N4O3S2. The van der Waals surface area contributed by atoms with Crippen molar-refractivity contribution in [1.82, 2.24) is 18.8 Å². The van der Waals surface area contributed by atoms with Crippen LogP contribution in [0, 0.1) is 4.77 Å². The summed E-state index contributed by atoms with van der Waals surface area (Å²) < 4.78 is 29.3. The molecule has 2 heterocycles. The van der Waals surface area contributed by atoms with Crippen LogP contribution in [0.5, 0.6) is 0 Å². The molecule has 4 rings (SSSR count). The van der Waals surface area contributed by atoms with Gasteiger partial charge in [-0.15, -0.1) is 0 Å². The number of halogens is 2. The number of sulfonamides is 1. The quantitative estimate of drug-likeness (QED) is 0.553. The second-order valence-electron chi connectivity index (χ2n) is 6.92.